The number of halogens is 1. The quantitative estimate of drug-likeness (QED) is 0.416. The summed E-state index contributed by atoms with van der Waals surface area (Å²) >= 11 is 4.35. The molecule has 0 saturated heterocycles. The third-order valence-corrected chi connectivity index (χ3v) is 5.61. The average Bonchev–Trinajstić information content (AvgIpc) is 3.02. The molecule has 0 fully saturated rings. The van der Waals surface area contributed by atoms with Crippen LogP contribution in [0.15, 0.2) is 28.7 Å². The summed E-state index contributed by atoms with van der Waals surface area (Å²) in [6.45, 7) is 5.35. The van der Waals surface area contributed by atoms with E-state index >= 15 is 0 Å². The number of esters is 2. The van der Waals surface area contributed by atoms with E-state index in [1.807, 2.05) is 6.07 Å². The van der Waals surface area contributed by atoms with Crippen molar-refractivity contribution in [1.29, 1.82) is 0 Å². The summed E-state index contributed by atoms with van der Waals surface area (Å²) in [6.07, 6.45) is 2.91. The van der Waals surface area contributed by atoms with E-state index < -0.39 is 17.8 Å². The molecule has 1 aromatic carbocycles. The predicted octanol–water partition coefficient (Wildman–Crippen LogP) is 4.83. The number of benzene rings is 1. The lowest BCUT2D eigenvalue weighted by Crippen LogP contribution is -2.13. The minimum Gasteiger partial charge on any atom is -0.496 e. The molecule has 2 aromatic rings. The highest BCUT2D eigenvalue weighted by Gasteiger charge is 2.27. The van der Waals surface area contributed by atoms with Gasteiger partial charge in [0.1, 0.15) is 15.6 Å². The molecule has 0 spiro atoms. The van der Waals surface area contributed by atoms with E-state index in [4.69, 9.17) is 14.2 Å². The zero-order valence-electron chi connectivity index (χ0n) is 17.0. The number of carbonyl (C=O) groups is 3. The fraction of sp³-hybridized carbons (Fsp3) is 0.286. The molecule has 0 radical (unpaired) electrons. The molecular formula is C21H22BrNO6S. The van der Waals surface area contributed by atoms with Crippen molar-refractivity contribution in [3.05, 3.63) is 50.3 Å². The van der Waals surface area contributed by atoms with Crippen molar-refractivity contribution in [3.8, 4) is 5.75 Å². The summed E-state index contributed by atoms with van der Waals surface area (Å²) in [6, 6.07) is 5.41. The van der Waals surface area contributed by atoms with Gasteiger partial charge in [0, 0.05) is 16.1 Å². The van der Waals surface area contributed by atoms with E-state index in [1.54, 1.807) is 39.0 Å². The Morgan fingerprint density at radius 2 is 1.80 bits per heavy atom. The third-order valence-electron chi connectivity index (χ3n) is 3.93. The van der Waals surface area contributed by atoms with Crippen molar-refractivity contribution in [2.45, 2.75) is 20.8 Å². The van der Waals surface area contributed by atoms with Crippen LogP contribution in [0.1, 0.15) is 45.0 Å². The molecule has 30 heavy (non-hydrogen) atoms. The Kier molecular flexibility index (Phi) is 8.61. The minimum atomic E-state index is -0.616. The summed E-state index contributed by atoms with van der Waals surface area (Å²) in [7, 11) is 1.54. The maximum atomic E-state index is 12.5. The zero-order chi connectivity index (χ0) is 22.3. The number of thiophene rings is 1. The van der Waals surface area contributed by atoms with Crippen LogP contribution in [0, 0.1) is 6.92 Å². The number of nitrogens with one attached hydrogen (secondary N) is 1. The first-order chi connectivity index (χ1) is 14.3. The Hall–Kier alpha value is -2.65. The van der Waals surface area contributed by atoms with E-state index in [0.717, 1.165) is 15.8 Å². The molecular weight excluding hydrogens is 474 g/mol. The molecule has 1 N–H and O–H groups in total. The highest BCUT2D eigenvalue weighted by atomic mass is 79.9. The van der Waals surface area contributed by atoms with Gasteiger partial charge in [-0.25, -0.2) is 9.59 Å². The highest BCUT2D eigenvalue weighted by molar-refractivity contribution is 9.10. The first kappa shape index (κ1) is 23.6. The molecule has 1 amide bonds. The lowest BCUT2D eigenvalue weighted by Gasteiger charge is -2.06. The first-order valence-electron chi connectivity index (χ1n) is 9.12. The second-order valence-electron chi connectivity index (χ2n) is 5.91. The highest BCUT2D eigenvalue weighted by Crippen LogP contribution is 2.34. The number of hydrogen-bond donors (Lipinski definition) is 1. The predicted molar refractivity (Wildman–Crippen MR) is 119 cm³/mol. The molecule has 1 aromatic heterocycles. The first-order valence-corrected chi connectivity index (χ1v) is 10.7. The van der Waals surface area contributed by atoms with Gasteiger partial charge in [0.25, 0.3) is 0 Å². The second-order valence-corrected chi connectivity index (χ2v) is 7.85. The van der Waals surface area contributed by atoms with E-state index in [1.165, 1.54) is 13.2 Å². The summed E-state index contributed by atoms with van der Waals surface area (Å²) in [5, 5.41) is 2.89. The summed E-state index contributed by atoms with van der Waals surface area (Å²) in [5.41, 5.74) is 1.25. The molecule has 0 atom stereocenters. The van der Waals surface area contributed by atoms with Crippen LogP contribution in [0.2, 0.25) is 0 Å². The van der Waals surface area contributed by atoms with Crippen molar-refractivity contribution in [2.75, 3.05) is 25.6 Å². The fourth-order valence-corrected chi connectivity index (χ4v) is 4.07. The van der Waals surface area contributed by atoms with Gasteiger partial charge in [0.15, 0.2) is 0 Å². The van der Waals surface area contributed by atoms with Crippen molar-refractivity contribution < 1.29 is 28.6 Å². The second kappa shape index (κ2) is 10.9. The van der Waals surface area contributed by atoms with Gasteiger partial charge < -0.3 is 19.5 Å². The van der Waals surface area contributed by atoms with E-state index in [9.17, 15) is 14.4 Å². The standard InChI is InChI=1S/C21H22BrNO6S/c1-5-28-20(25)17-12(3)18(21(26)29-6-2)30-19(17)23-16(24)10-7-13-11-14(22)8-9-15(13)27-4/h7-11H,5-6H2,1-4H3,(H,23,24)/b10-7+. The van der Waals surface area contributed by atoms with E-state index in [2.05, 4.69) is 21.2 Å². The van der Waals surface area contributed by atoms with Crippen molar-refractivity contribution >= 4 is 56.2 Å². The number of anilines is 1. The largest absolute Gasteiger partial charge is 0.496 e. The average molecular weight is 496 g/mol. The number of ether oxygens (including phenoxy) is 3. The maximum absolute atomic E-state index is 12.5. The van der Waals surface area contributed by atoms with E-state index in [0.29, 0.717) is 16.9 Å². The van der Waals surface area contributed by atoms with Gasteiger partial charge in [0.05, 0.1) is 25.9 Å². The van der Waals surface area contributed by atoms with Crippen LogP contribution < -0.4 is 10.1 Å². The topological polar surface area (TPSA) is 90.9 Å². The van der Waals surface area contributed by atoms with Crippen LogP contribution in [0.5, 0.6) is 5.75 Å². The van der Waals surface area contributed by atoms with Gasteiger partial charge in [-0.3, -0.25) is 4.79 Å². The minimum absolute atomic E-state index is 0.145. The van der Waals surface area contributed by atoms with Gasteiger partial charge in [-0.2, -0.15) is 0 Å². The summed E-state index contributed by atoms with van der Waals surface area (Å²) in [4.78, 5) is 37.4. The van der Waals surface area contributed by atoms with Gasteiger partial charge in [-0.1, -0.05) is 15.9 Å². The van der Waals surface area contributed by atoms with Crippen LogP contribution >= 0.6 is 27.3 Å². The molecule has 7 nitrogen and oxygen atoms in total. The zero-order valence-corrected chi connectivity index (χ0v) is 19.4. The molecule has 1 heterocycles. The Balaban J connectivity index is 2.33. The number of hydrogen-bond acceptors (Lipinski definition) is 7. The smallest absolute Gasteiger partial charge is 0.348 e. The molecule has 9 heteroatoms. The molecule has 0 aliphatic heterocycles. The molecule has 160 valence electrons. The maximum Gasteiger partial charge on any atom is 0.348 e. The van der Waals surface area contributed by atoms with Crippen LogP contribution in [0.4, 0.5) is 5.00 Å². The lowest BCUT2D eigenvalue weighted by molar-refractivity contribution is -0.111. The van der Waals surface area contributed by atoms with Crippen LogP contribution in [0.25, 0.3) is 6.08 Å². The molecule has 0 bridgehead atoms. The monoisotopic (exact) mass is 495 g/mol. The Morgan fingerprint density at radius 3 is 2.43 bits per heavy atom. The van der Waals surface area contributed by atoms with E-state index in [-0.39, 0.29) is 28.7 Å². The Morgan fingerprint density at radius 1 is 1.13 bits per heavy atom. The Bertz CT molecular complexity index is 982. The SMILES string of the molecule is CCOC(=O)c1sc(NC(=O)/C=C/c2cc(Br)ccc2OC)c(C(=O)OCC)c1C. The van der Waals surface area contributed by atoms with Gasteiger partial charge in [0.2, 0.25) is 5.91 Å². The Labute approximate surface area is 187 Å². The summed E-state index contributed by atoms with van der Waals surface area (Å²) in [5.74, 6) is -1.04. The van der Waals surface area contributed by atoms with Gasteiger partial charge in [-0.05, 0) is 50.6 Å². The van der Waals surface area contributed by atoms with Crippen molar-refractivity contribution in [1.82, 2.24) is 0 Å². The molecule has 0 aliphatic carbocycles. The third kappa shape index (κ3) is 5.70. The van der Waals surface area contributed by atoms with Crippen LogP contribution in [-0.4, -0.2) is 38.2 Å². The number of amides is 1. The number of methoxy groups -OCH3 is 1. The van der Waals surface area contributed by atoms with Gasteiger partial charge in [-0.15, -0.1) is 11.3 Å². The number of carbonyl (C=O) groups excluding carboxylic acids is 3. The van der Waals surface area contributed by atoms with Gasteiger partial charge >= 0.3 is 11.9 Å². The molecule has 0 unspecified atom stereocenters. The van der Waals surface area contributed by atoms with Crippen molar-refractivity contribution in [2.24, 2.45) is 0 Å². The fourth-order valence-electron chi connectivity index (χ4n) is 2.60. The molecule has 0 saturated carbocycles. The molecule has 0 aliphatic rings. The van der Waals surface area contributed by atoms with Crippen LogP contribution in [-0.2, 0) is 14.3 Å². The number of rotatable bonds is 8. The normalized spacial score (nSPS) is 10.7. The summed E-state index contributed by atoms with van der Waals surface area (Å²) < 4.78 is 16.2. The lowest BCUT2D eigenvalue weighted by atomic mass is 10.1. The molecule has 2 rings (SSSR count). The van der Waals surface area contributed by atoms with Crippen molar-refractivity contribution in [3.63, 3.8) is 0 Å². The van der Waals surface area contributed by atoms with Crippen LogP contribution in [0.3, 0.4) is 0 Å².